The molecule has 0 aromatic rings. The van der Waals surface area contributed by atoms with Crippen molar-refractivity contribution in [3.05, 3.63) is 0 Å². The number of carbonyl (C=O) groups is 1. The van der Waals surface area contributed by atoms with E-state index >= 15 is 0 Å². The average molecular weight is 243 g/mol. The lowest BCUT2D eigenvalue weighted by Gasteiger charge is -2.39. The first kappa shape index (κ1) is 12.8. The first-order chi connectivity index (χ1) is 8.22. The summed E-state index contributed by atoms with van der Waals surface area (Å²) in [6.07, 6.45) is 2.37. The van der Waals surface area contributed by atoms with E-state index in [1.807, 2.05) is 6.92 Å². The Morgan fingerprint density at radius 2 is 2.24 bits per heavy atom. The molecule has 5 nitrogen and oxygen atoms in total. The Bertz CT molecular complexity index is 265. The Morgan fingerprint density at radius 1 is 1.41 bits per heavy atom. The molecule has 1 N–H and O–H groups in total. The van der Waals surface area contributed by atoms with Crippen LogP contribution in [0.3, 0.4) is 0 Å². The Balaban J connectivity index is 1.95. The van der Waals surface area contributed by atoms with Crippen LogP contribution in [-0.4, -0.2) is 60.5 Å². The second-order valence-electron chi connectivity index (χ2n) is 4.83. The molecule has 2 aliphatic rings. The van der Waals surface area contributed by atoms with Crippen LogP contribution >= 0.6 is 0 Å². The van der Waals surface area contributed by atoms with Gasteiger partial charge in [-0.15, -0.1) is 0 Å². The van der Waals surface area contributed by atoms with Gasteiger partial charge < -0.3 is 19.5 Å². The fourth-order valence-corrected chi connectivity index (χ4v) is 2.36. The average Bonchev–Trinajstić information content (AvgIpc) is 2.39. The molecule has 0 spiro atoms. The van der Waals surface area contributed by atoms with Crippen LogP contribution in [0.2, 0.25) is 0 Å². The van der Waals surface area contributed by atoms with E-state index in [2.05, 4.69) is 0 Å². The van der Waals surface area contributed by atoms with E-state index < -0.39 is 0 Å². The van der Waals surface area contributed by atoms with Gasteiger partial charge in [0.15, 0.2) is 0 Å². The van der Waals surface area contributed by atoms with E-state index in [9.17, 15) is 4.79 Å². The molecule has 98 valence electrons. The highest BCUT2D eigenvalue weighted by Crippen LogP contribution is 2.19. The van der Waals surface area contributed by atoms with Crippen LogP contribution in [0.25, 0.3) is 0 Å². The van der Waals surface area contributed by atoms with Gasteiger partial charge in [0.1, 0.15) is 6.10 Å². The maximum absolute atomic E-state index is 12.3. The molecule has 3 unspecified atom stereocenters. The molecule has 0 bridgehead atoms. The van der Waals surface area contributed by atoms with Gasteiger partial charge in [-0.1, -0.05) is 0 Å². The molecule has 3 atom stereocenters. The molecule has 2 saturated heterocycles. The van der Waals surface area contributed by atoms with Crippen molar-refractivity contribution in [2.24, 2.45) is 0 Å². The summed E-state index contributed by atoms with van der Waals surface area (Å²) in [4.78, 5) is 14.1. The fourth-order valence-electron chi connectivity index (χ4n) is 2.36. The standard InChI is InChI=1S/C12H21NO4/c1-9-8-17-10(7-14)6-13(9)12(15)11-4-2-3-5-16-11/h9-11,14H,2-8H2,1H3. The maximum atomic E-state index is 12.3. The zero-order chi connectivity index (χ0) is 12.3. The Labute approximate surface area is 102 Å². The SMILES string of the molecule is CC1COC(CO)CN1C(=O)C1CCCCO1. The van der Waals surface area contributed by atoms with Crippen molar-refractivity contribution in [2.45, 2.75) is 44.4 Å². The van der Waals surface area contributed by atoms with E-state index in [0.29, 0.717) is 19.8 Å². The number of rotatable bonds is 2. The minimum atomic E-state index is -0.288. The van der Waals surface area contributed by atoms with Crippen LogP contribution in [0.5, 0.6) is 0 Å². The zero-order valence-corrected chi connectivity index (χ0v) is 10.3. The van der Waals surface area contributed by atoms with Gasteiger partial charge in [0.25, 0.3) is 5.91 Å². The van der Waals surface area contributed by atoms with Gasteiger partial charge in [0, 0.05) is 13.2 Å². The molecular formula is C12H21NO4. The summed E-state index contributed by atoms with van der Waals surface area (Å²) in [6.45, 7) is 3.56. The predicted molar refractivity (Wildman–Crippen MR) is 61.6 cm³/mol. The number of nitrogens with zero attached hydrogens (tertiary/aromatic N) is 1. The number of aliphatic hydroxyl groups excluding tert-OH is 1. The van der Waals surface area contributed by atoms with Gasteiger partial charge in [0.05, 0.1) is 25.4 Å². The van der Waals surface area contributed by atoms with Crippen molar-refractivity contribution >= 4 is 5.91 Å². The molecule has 0 aliphatic carbocycles. The zero-order valence-electron chi connectivity index (χ0n) is 10.3. The topological polar surface area (TPSA) is 59.0 Å². The first-order valence-electron chi connectivity index (χ1n) is 6.37. The van der Waals surface area contributed by atoms with Crippen molar-refractivity contribution in [3.63, 3.8) is 0 Å². The van der Waals surface area contributed by atoms with E-state index in [-0.39, 0.29) is 30.8 Å². The summed E-state index contributed by atoms with van der Waals surface area (Å²) in [5.74, 6) is 0.0546. The van der Waals surface area contributed by atoms with Crippen LogP contribution in [0.4, 0.5) is 0 Å². The molecule has 0 saturated carbocycles. The van der Waals surface area contributed by atoms with Gasteiger partial charge >= 0.3 is 0 Å². The fraction of sp³-hybridized carbons (Fsp3) is 0.917. The van der Waals surface area contributed by atoms with E-state index in [4.69, 9.17) is 14.6 Å². The van der Waals surface area contributed by atoms with Gasteiger partial charge in [0.2, 0.25) is 0 Å². The van der Waals surface area contributed by atoms with Crippen molar-refractivity contribution in [1.29, 1.82) is 0 Å². The lowest BCUT2D eigenvalue weighted by atomic mass is 10.1. The van der Waals surface area contributed by atoms with Crippen molar-refractivity contribution < 1.29 is 19.4 Å². The third kappa shape index (κ3) is 2.97. The molecule has 0 radical (unpaired) electrons. The van der Waals surface area contributed by atoms with E-state index in [1.165, 1.54) is 0 Å². The molecule has 5 heteroatoms. The van der Waals surface area contributed by atoms with Crippen LogP contribution in [0, 0.1) is 0 Å². The van der Waals surface area contributed by atoms with Crippen molar-refractivity contribution in [2.75, 3.05) is 26.4 Å². The number of morpholine rings is 1. The van der Waals surface area contributed by atoms with Crippen molar-refractivity contribution in [1.82, 2.24) is 4.90 Å². The molecule has 0 aromatic carbocycles. The summed E-state index contributed by atoms with van der Waals surface area (Å²) in [7, 11) is 0. The number of hydrogen-bond donors (Lipinski definition) is 1. The highest BCUT2D eigenvalue weighted by molar-refractivity contribution is 5.81. The van der Waals surface area contributed by atoms with Gasteiger partial charge in [-0.25, -0.2) is 0 Å². The molecule has 1 amide bonds. The molecule has 0 aromatic heterocycles. The monoisotopic (exact) mass is 243 g/mol. The Hall–Kier alpha value is -0.650. The first-order valence-corrected chi connectivity index (χ1v) is 6.37. The smallest absolute Gasteiger partial charge is 0.252 e. The summed E-state index contributed by atoms with van der Waals surface area (Å²) in [5.41, 5.74) is 0. The third-order valence-electron chi connectivity index (χ3n) is 3.45. The molecule has 17 heavy (non-hydrogen) atoms. The minimum Gasteiger partial charge on any atom is -0.394 e. The Kier molecular flexibility index (Phi) is 4.36. The van der Waals surface area contributed by atoms with Gasteiger partial charge in [-0.3, -0.25) is 4.79 Å². The summed E-state index contributed by atoms with van der Waals surface area (Å²) in [5, 5.41) is 9.09. The normalized spacial score (nSPS) is 34.7. The molecule has 2 heterocycles. The second kappa shape index (κ2) is 5.80. The number of hydrogen-bond acceptors (Lipinski definition) is 4. The highest BCUT2D eigenvalue weighted by Gasteiger charge is 2.34. The minimum absolute atomic E-state index is 0.0397. The summed E-state index contributed by atoms with van der Waals surface area (Å²) in [6, 6.07) is 0.0656. The largest absolute Gasteiger partial charge is 0.394 e. The molecule has 2 fully saturated rings. The third-order valence-corrected chi connectivity index (χ3v) is 3.45. The molecule has 2 aliphatic heterocycles. The number of carbonyl (C=O) groups excluding carboxylic acids is 1. The number of aliphatic hydroxyl groups is 1. The van der Waals surface area contributed by atoms with Crippen LogP contribution < -0.4 is 0 Å². The van der Waals surface area contributed by atoms with Gasteiger partial charge in [-0.2, -0.15) is 0 Å². The summed E-state index contributed by atoms with van der Waals surface area (Å²) < 4.78 is 10.9. The van der Waals surface area contributed by atoms with Crippen LogP contribution in [0.1, 0.15) is 26.2 Å². The lowest BCUT2D eigenvalue weighted by Crippen LogP contribution is -2.55. The Morgan fingerprint density at radius 3 is 2.88 bits per heavy atom. The number of ether oxygens (including phenoxy) is 2. The quantitative estimate of drug-likeness (QED) is 0.751. The van der Waals surface area contributed by atoms with E-state index in [1.54, 1.807) is 4.90 Å². The van der Waals surface area contributed by atoms with Crippen molar-refractivity contribution in [3.8, 4) is 0 Å². The predicted octanol–water partition coefficient (Wildman–Crippen LogP) is 0.164. The lowest BCUT2D eigenvalue weighted by molar-refractivity contribution is -0.160. The van der Waals surface area contributed by atoms with Crippen LogP contribution in [0.15, 0.2) is 0 Å². The number of amides is 1. The van der Waals surface area contributed by atoms with E-state index in [0.717, 1.165) is 19.3 Å². The maximum Gasteiger partial charge on any atom is 0.252 e. The highest BCUT2D eigenvalue weighted by atomic mass is 16.5. The van der Waals surface area contributed by atoms with Gasteiger partial charge in [-0.05, 0) is 26.2 Å². The summed E-state index contributed by atoms with van der Waals surface area (Å²) >= 11 is 0. The second-order valence-corrected chi connectivity index (χ2v) is 4.83. The molecule has 2 rings (SSSR count). The van der Waals surface area contributed by atoms with Crippen LogP contribution in [-0.2, 0) is 14.3 Å². The molecular weight excluding hydrogens is 222 g/mol.